The molecular formula is C63H70N3OPt-. The van der Waals surface area contributed by atoms with Crippen molar-refractivity contribution in [2.75, 3.05) is 0 Å². The summed E-state index contributed by atoms with van der Waals surface area (Å²) in [5, 5.41) is 12.4. The van der Waals surface area contributed by atoms with Crippen LogP contribution in [0.4, 0.5) is 0 Å². The van der Waals surface area contributed by atoms with Crippen LogP contribution < -0.4 is 0 Å². The molecular weight excluding hydrogens is 1010 g/mol. The van der Waals surface area contributed by atoms with Crippen LogP contribution in [0.3, 0.4) is 0 Å². The van der Waals surface area contributed by atoms with Gasteiger partial charge in [-0.05, 0) is 127 Å². The van der Waals surface area contributed by atoms with Crippen molar-refractivity contribution in [2.45, 2.75) is 138 Å². The minimum Gasteiger partial charge on any atom is -0.507 e. The van der Waals surface area contributed by atoms with E-state index in [-0.39, 0.29) is 49.8 Å². The summed E-state index contributed by atoms with van der Waals surface area (Å²) in [5.74, 6) is -1.93. The molecule has 0 unspecified atom stereocenters. The first-order valence-electron chi connectivity index (χ1n) is 30.0. The van der Waals surface area contributed by atoms with E-state index in [0.29, 0.717) is 89.4 Å². The van der Waals surface area contributed by atoms with Gasteiger partial charge < -0.3 is 5.11 Å². The van der Waals surface area contributed by atoms with E-state index in [1.165, 1.54) is 24.3 Å². The fraction of sp³-hybridized carbons (Fsp3) is 0.333. The van der Waals surface area contributed by atoms with Crippen molar-refractivity contribution < 1.29 is 45.4 Å². The van der Waals surface area contributed by atoms with Crippen molar-refractivity contribution >= 4 is 11.0 Å². The number of aromatic hydroxyl groups is 1. The van der Waals surface area contributed by atoms with Gasteiger partial charge >= 0.3 is 0 Å². The number of hydrogen-bond acceptors (Lipinski definition) is 3. The summed E-state index contributed by atoms with van der Waals surface area (Å²) in [6.07, 6.45) is 1.61. The summed E-state index contributed by atoms with van der Waals surface area (Å²) in [4.78, 5) is 10.2. The second-order valence-electron chi connectivity index (χ2n) is 19.9. The normalized spacial score (nSPS) is 16.3. The number of hydrogen-bond donors (Lipinski definition) is 1. The molecule has 0 spiro atoms. The monoisotopic (exact) mass is 1090 g/mol. The Morgan fingerprint density at radius 3 is 1.91 bits per heavy atom. The first kappa shape index (κ1) is 34.7. The number of phenolic OH excluding ortho intramolecular Hbond substituents is 1. The number of rotatable bonds is 10. The van der Waals surface area contributed by atoms with Crippen molar-refractivity contribution in [1.29, 1.82) is 0 Å². The molecule has 4 nitrogen and oxygen atoms in total. The van der Waals surface area contributed by atoms with E-state index in [9.17, 15) is 12.0 Å². The predicted molar refractivity (Wildman–Crippen MR) is 285 cm³/mol. The molecule has 0 fully saturated rings. The molecule has 0 saturated carbocycles. The summed E-state index contributed by atoms with van der Waals surface area (Å²) >= 11 is 0. The number of nitrogens with zero attached hydrogens (tertiary/aromatic N) is 3. The Labute approximate surface area is 441 Å². The van der Waals surface area contributed by atoms with Gasteiger partial charge in [0, 0.05) is 52.1 Å². The number of para-hydroxylation sites is 1. The molecule has 0 aliphatic heterocycles. The fourth-order valence-corrected chi connectivity index (χ4v) is 8.90. The average Bonchev–Trinajstić information content (AvgIpc) is 2.41. The predicted octanol–water partition coefficient (Wildman–Crippen LogP) is 17.7. The number of aromatic nitrogens is 3. The van der Waals surface area contributed by atoms with Crippen molar-refractivity contribution in [1.82, 2.24) is 14.5 Å². The van der Waals surface area contributed by atoms with Gasteiger partial charge in [-0.3, -0.25) is 9.55 Å². The number of fused-ring (bicyclic) bond motifs is 1. The number of pyridine rings is 1. The minimum atomic E-state index is -3.41. The van der Waals surface area contributed by atoms with E-state index in [2.05, 4.69) is 40.7 Å². The first-order chi connectivity index (χ1) is 37.2. The number of imidazole rings is 1. The Morgan fingerprint density at radius 2 is 1.29 bits per heavy atom. The molecule has 0 aliphatic carbocycles. The molecule has 5 heteroatoms. The van der Waals surface area contributed by atoms with Crippen molar-refractivity contribution in [2.24, 2.45) is 0 Å². The van der Waals surface area contributed by atoms with E-state index >= 15 is 0 Å². The van der Waals surface area contributed by atoms with Crippen LogP contribution in [0.1, 0.15) is 178 Å². The molecule has 1 N–H and O–H groups in total. The number of phenols is 1. The summed E-state index contributed by atoms with van der Waals surface area (Å²) in [6, 6.07) is 37.2. The zero-order chi connectivity index (χ0) is 60.1. The van der Waals surface area contributed by atoms with Crippen LogP contribution in [0.2, 0.25) is 0 Å². The third-order valence-corrected chi connectivity index (χ3v) is 12.8. The molecule has 0 aliphatic rings. The Balaban J connectivity index is 0.00000968. The van der Waals surface area contributed by atoms with Crippen LogP contribution in [-0.4, -0.2) is 19.6 Å². The molecule has 0 amide bonds. The Bertz CT molecular complexity index is 3610. The first-order valence-corrected chi connectivity index (χ1v) is 23.0. The maximum Gasteiger partial charge on any atom is 0.148 e. The maximum atomic E-state index is 12.4. The van der Waals surface area contributed by atoms with E-state index < -0.39 is 50.0 Å². The molecule has 2 heterocycles. The summed E-state index contributed by atoms with van der Waals surface area (Å²) in [6.45, 7) is 8.58. The van der Waals surface area contributed by atoms with Crippen LogP contribution in [0, 0.1) is 12.9 Å². The molecule has 68 heavy (non-hydrogen) atoms. The number of aryl methyl sites for hydroxylation is 1. The van der Waals surface area contributed by atoms with E-state index in [1.54, 1.807) is 52.1 Å². The summed E-state index contributed by atoms with van der Waals surface area (Å²) in [7, 11) is 0. The van der Waals surface area contributed by atoms with Crippen molar-refractivity contribution in [3.63, 3.8) is 0 Å². The molecule has 0 saturated heterocycles. The molecule has 354 valence electrons. The van der Waals surface area contributed by atoms with Gasteiger partial charge in [0.1, 0.15) is 11.6 Å². The Morgan fingerprint density at radius 1 is 0.632 bits per heavy atom. The van der Waals surface area contributed by atoms with E-state index in [0.717, 1.165) is 11.1 Å². The molecule has 8 rings (SSSR count). The SMILES string of the molecule is [2H]C([2H])([2H])c1cc(-c2c(C([2H])(C)C)cccc2C([2H])(C)C)ccc1-n1c(-c2cc(C(C)C)cc(C(C)C)c2O)nc2c(-c3[c-]c(-c4cc(-c5ccc(C(C([2H])([2H])[2H])(C([2H])([2H])[2H])C([2H])([2H])[2H])cc5)ccn4)cc(C(C)(C)C)c3)cccc21.[Pt]. The van der Waals surface area contributed by atoms with Crippen LogP contribution >= 0.6 is 0 Å². The second-order valence-corrected chi connectivity index (χ2v) is 19.9. The zero-order valence-electron chi connectivity index (χ0n) is 54.8. The van der Waals surface area contributed by atoms with Crippen LogP contribution in [0.5, 0.6) is 5.75 Å². The van der Waals surface area contributed by atoms with Gasteiger partial charge in [-0.1, -0.05) is 181 Å². The van der Waals surface area contributed by atoms with Gasteiger partial charge in [-0.2, -0.15) is 0 Å². The summed E-state index contributed by atoms with van der Waals surface area (Å²) in [5.41, 5.74) is 6.44. The molecule has 2 aromatic heterocycles. The Kier molecular flexibility index (Phi) is 9.91. The zero-order valence-corrected chi connectivity index (χ0v) is 43.1. The molecule has 8 aromatic rings. The van der Waals surface area contributed by atoms with Crippen molar-refractivity contribution in [3.8, 4) is 67.5 Å². The fourth-order valence-electron chi connectivity index (χ4n) is 8.90. The molecule has 0 bridgehead atoms. The minimum absolute atomic E-state index is 0. The largest absolute Gasteiger partial charge is 0.507 e. The molecule has 6 aromatic carbocycles. The topological polar surface area (TPSA) is 50.9 Å². The quantitative estimate of drug-likeness (QED) is 0.139. The van der Waals surface area contributed by atoms with E-state index in [4.69, 9.17) is 22.3 Å². The van der Waals surface area contributed by atoms with Gasteiger partial charge in [-0.15, -0.1) is 29.3 Å². The van der Waals surface area contributed by atoms with Gasteiger partial charge in [0.15, 0.2) is 0 Å². The van der Waals surface area contributed by atoms with Gasteiger partial charge in [-0.25, -0.2) is 4.98 Å². The molecule has 0 radical (unpaired) electrons. The molecule has 0 atom stereocenters. The van der Waals surface area contributed by atoms with Crippen molar-refractivity contribution in [3.05, 3.63) is 166 Å². The van der Waals surface area contributed by atoms with Gasteiger partial charge in [0.2, 0.25) is 0 Å². The maximum absolute atomic E-state index is 12.4. The number of benzene rings is 6. The second kappa shape index (κ2) is 19.4. The average molecular weight is 1090 g/mol. The van der Waals surface area contributed by atoms with Crippen LogP contribution in [0.15, 0.2) is 121 Å². The van der Waals surface area contributed by atoms with Gasteiger partial charge in [0.25, 0.3) is 0 Å². The van der Waals surface area contributed by atoms with E-state index in [1.807, 2.05) is 91.2 Å². The van der Waals surface area contributed by atoms with Crippen LogP contribution in [0.25, 0.3) is 72.7 Å². The van der Waals surface area contributed by atoms with Gasteiger partial charge in [0.05, 0.1) is 22.3 Å². The van der Waals surface area contributed by atoms with Crippen LogP contribution in [-0.2, 0) is 31.9 Å². The smallest absolute Gasteiger partial charge is 0.148 e. The standard InChI is InChI=1S/C63H70N3O.Pt/c1-37(2)45-34-53(40(7)8)60(67)54(35-45)61-65-59-52(20-17-21-57(59)66(61)56-27-24-44(30-41(56)9)58-50(38(3)4)18-16-19-51(58)39(5)6)46-31-47(33-49(32-46)63(13,14)15)55-36-43(28-29-64-55)42-22-25-48(26-23-42)62(10,11)12;/h16-30,32-40,67H,1-15H3;/q-1;/i9D3,10D3,11D3,12D3,38D,39D;. The summed E-state index contributed by atoms with van der Waals surface area (Å²) < 4.78 is 122. The third kappa shape index (κ3) is 9.82. The Hall–Kier alpha value is -5.57. The third-order valence-electron chi connectivity index (χ3n) is 12.8.